The maximum absolute atomic E-state index is 15.0. The lowest BCUT2D eigenvalue weighted by Crippen LogP contribution is -2.54. The highest BCUT2D eigenvalue weighted by molar-refractivity contribution is 6.13. The number of rotatable bonds is 3. The molecule has 7 heteroatoms. The molecule has 4 rings (SSSR count). The third kappa shape index (κ3) is 3.80. The zero-order valence-corrected chi connectivity index (χ0v) is 17.3. The summed E-state index contributed by atoms with van der Waals surface area (Å²) < 4.78 is 15.0. The number of nitrogens with zero attached hydrogens (tertiary/aromatic N) is 2. The van der Waals surface area contributed by atoms with E-state index in [-0.39, 0.29) is 22.8 Å². The lowest BCUT2D eigenvalue weighted by atomic mass is 9.96. The van der Waals surface area contributed by atoms with Crippen LogP contribution in [0.1, 0.15) is 19.5 Å². The van der Waals surface area contributed by atoms with Gasteiger partial charge in [-0.15, -0.1) is 0 Å². The van der Waals surface area contributed by atoms with Crippen molar-refractivity contribution in [3.63, 3.8) is 0 Å². The van der Waals surface area contributed by atoms with Crippen LogP contribution in [0.2, 0.25) is 0 Å². The minimum absolute atomic E-state index is 0.0547. The van der Waals surface area contributed by atoms with Crippen LogP contribution >= 0.6 is 0 Å². The predicted molar refractivity (Wildman–Crippen MR) is 120 cm³/mol. The van der Waals surface area contributed by atoms with E-state index in [1.165, 1.54) is 12.1 Å². The van der Waals surface area contributed by atoms with E-state index in [0.717, 1.165) is 18.8 Å². The highest BCUT2D eigenvalue weighted by Crippen LogP contribution is 2.30. The molecule has 6 nitrogen and oxygen atoms in total. The Kier molecular flexibility index (Phi) is 5.30. The first-order valence-electron chi connectivity index (χ1n) is 10.1. The Balaban J connectivity index is 1.73. The number of halogens is 1. The quantitative estimate of drug-likeness (QED) is 0.626. The molecule has 1 aliphatic carbocycles. The molecule has 1 fully saturated rings. The van der Waals surface area contributed by atoms with Gasteiger partial charge in [0.25, 0.3) is 0 Å². The van der Waals surface area contributed by atoms with Crippen LogP contribution in [0, 0.1) is 11.2 Å². The van der Waals surface area contributed by atoms with Gasteiger partial charge in [0.15, 0.2) is 5.82 Å². The fraction of sp³-hybridized carbons (Fsp3) is 0.304. The smallest absolute Gasteiger partial charge is 0.151 e. The molecule has 0 amide bonds. The first-order chi connectivity index (χ1) is 14.4. The van der Waals surface area contributed by atoms with Crippen molar-refractivity contribution in [1.82, 2.24) is 15.6 Å². The first kappa shape index (κ1) is 20.1. The average Bonchev–Trinajstić information content (AvgIpc) is 2.69. The predicted octanol–water partition coefficient (Wildman–Crippen LogP) is 3.52. The highest BCUT2D eigenvalue weighted by atomic mass is 19.1. The first-order valence-corrected chi connectivity index (χ1v) is 10.1. The molecule has 2 heterocycles. The molecule has 0 bridgehead atoms. The van der Waals surface area contributed by atoms with E-state index < -0.39 is 0 Å². The molecule has 4 N–H and O–H groups in total. The summed E-state index contributed by atoms with van der Waals surface area (Å²) in [4.78, 5) is 6.69. The highest BCUT2D eigenvalue weighted by Gasteiger charge is 2.23. The third-order valence-electron chi connectivity index (χ3n) is 5.40. The SMILES string of the molecule is CN/C=C1/C=C(c2ccc3cc(N4CC(C)NC(C)C4)cc(F)c3n2)C(O)=CC1=N. The standard InChI is InChI=1S/C23H26FN5O/c1-13-11-29(12-14(2)27-13)17-6-15-4-5-21(28-23(15)19(24)8-17)18-7-16(10-26-3)20(25)9-22(18)30/h4-10,13-14,25-27,30H,11-12H2,1-3H3/b16-10-,25-20?. The second-order valence-electron chi connectivity index (χ2n) is 7.96. The lowest BCUT2D eigenvalue weighted by molar-refractivity contribution is 0.407. The topological polar surface area (TPSA) is 84.3 Å². The second kappa shape index (κ2) is 7.91. The van der Waals surface area contributed by atoms with Gasteiger partial charge in [0.2, 0.25) is 0 Å². The Morgan fingerprint density at radius 3 is 2.67 bits per heavy atom. The summed E-state index contributed by atoms with van der Waals surface area (Å²) in [7, 11) is 1.74. The van der Waals surface area contributed by atoms with Gasteiger partial charge in [0.05, 0.1) is 11.4 Å². The number of aliphatic hydroxyl groups excluding tert-OH is 1. The number of hydrogen-bond acceptors (Lipinski definition) is 6. The molecule has 156 valence electrons. The van der Waals surface area contributed by atoms with Gasteiger partial charge in [-0.2, -0.15) is 0 Å². The van der Waals surface area contributed by atoms with E-state index in [2.05, 4.69) is 34.4 Å². The molecule has 0 saturated carbocycles. The Labute approximate surface area is 175 Å². The maximum Gasteiger partial charge on any atom is 0.151 e. The molecule has 2 aliphatic rings. The van der Waals surface area contributed by atoms with Crippen molar-refractivity contribution in [2.45, 2.75) is 25.9 Å². The van der Waals surface area contributed by atoms with Crippen molar-refractivity contribution < 1.29 is 9.50 Å². The van der Waals surface area contributed by atoms with Crippen LogP contribution in [0.4, 0.5) is 10.1 Å². The van der Waals surface area contributed by atoms with Gasteiger partial charge in [-0.3, -0.25) is 0 Å². The Hall–Kier alpha value is -3.19. The van der Waals surface area contributed by atoms with Crippen LogP contribution in [0.25, 0.3) is 16.5 Å². The van der Waals surface area contributed by atoms with E-state index in [1.54, 1.807) is 25.4 Å². The summed E-state index contributed by atoms with van der Waals surface area (Å²) in [5, 5.41) is 25.4. The number of hydrogen-bond donors (Lipinski definition) is 4. The zero-order valence-electron chi connectivity index (χ0n) is 17.3. The number of pyridine rings is 1. The number of aromatic nitrogens is 1. The monoisotopic (exact) mass is 407 g/mol. The van der Waals surface area contributed by atoms with Crippen molar-refractivity contribution in [3.8, 4) is 0 Å². The van der Waals surface area contributed by atoms with Crippen molar-refractivity contribution in [2.24, 2.45) is 0 Å². The molecular weight excluding hydrogens is 381 g/mol. The fourth-order valence-corrected chi connectivity index (χ4v) is 4.13. The van der Waals surface area contributed by atoms with Crippen LogP contribution in [0.3, 0.4) is 0 Å². The number of anilines is 1. The molecule has 0 spiro atoms. The molecule has 2 atom stereocenters. The minimum atomic E-state index is -0.387. The molecule has 2 unspecified atom stereocenters. The Morgan fingerprint density at radius 2 is 1.97 bits per heavy atom. The summed E-state index contributed by atoms with van der Waals surface area (Å²) >= 11 is 0. The zero-order chi connectivity index (χ0) is 21.4. The van der Waals surface area contributed by atoms with Gasteiger partial charge in [0, 0.05) is 66.7 Å². The molecule has 30 heavy (non-hydrogen) atoms. The van der Waals surface area contributed by atoms with Gasteiger partial charge in [-0.1, -0.05) is 6.07 Å². The van der Waals surface area contributed by atoms with E-state index >= 15 is 4.39 Å². The van der Waals surface area contributed by atoms with Crippen LogP contribution in [0.15, 0.2) is 53.9 Å². The number of piperazine rings is 1. The summed E-state index contributed by atoms with van der Waals surface area (Å²) in [6, 6.07) is 7.77. The van der Waals surface area contributed by atoms with Crippen LogP contribution < -0.4 is 15.5 Å². The van der Waals surface area contributed by atoms with Gasteiger partial charge in [-0.05, 0) is 38.1 Å². The molecule has 1 saturated heterocycles. The summed E-state index contributed by atoms with van der Waals surface area (Å²) in [6.07, 6.45) is 4.73. The lowest BCUT2D eigenvalue weighted by Gasteiger charge is -2.37. The molecule has 2 aromatic rings. The van der Waals surface area contributed by atoms with Crippen molar-refractivity contribution in [3.05, 3.63) is 65.5 Å². The Bertz CT molecular complexity index is 1090. The third-order valence-corrected chi connectivity index (χ3v) is 5.40. The van der Waals surface area contributed by atoms with Gasteiger partial charge in [0.1, 0.15) is 11.3 Å². The minimum Gasteiger partial charge on any atom is -0.507 e. The maximum atomic E-state index is 15.0. The molecule has 1 aromatic carbocycles. The molecular formula is C23H26FN5O. The van der Waals surface area contributed by atoms with Crippen LogP contribution in [-0.2, 0) is 0 Å². The number of fused-ring (bicyclic) bond motifs is 1. The number of aliphatic hydroxyl groups is 1. The van der Waals surface area contributed by atoms with E-state index in [4.69, 9.17) is 5.41 Å². The van der Waals surface area contributed by atoms with E-state index in [1.807, 2.05) is 12.1 Å². The van der Waals surface area contributed by atoms with Crippen molar-refractivity contribution in [1.29, 1.82) is 5.41 Å². The molecule has 0 radical (unpaired) electrons. The second-order valence-corrected chi connectivity index (χ2v) is 7.96. The normalized spacial score (nSPS) is 23.5. The van der Waals surface area contributed by atoms with Gasteiger partial charge in [-0.25, -0.2) is 9.37 Å². The number of benzene rings is 1. The molecule has 1 aliphatic heterocycles. The molecule has 1 aromatic heterocycles. The van der Waals surface area contributed by atoms with Gasteiger partial charge < -0.3 is 26.0 Å². The van der Waals surface area contributed by atoms with E-state index in [9.17, 15) is 5.11 Å². The summed E-state index contributed by atoms with van der Waals surface area (Å²) in [5.74, 6) is -0.442. The van der Waals surface area contributed by atoms with Crippen LogP contribution in [-0.4, -0.2) is 48.0 Å². The number of nitrogens with one attached hydrogen (secondary N) is 3. The fourth-order valence-electron chi connectivity index (χ4n) is 4.13. The van der Waals surface area contributed by atoms with E-state index in [0.29, 0.717) is 34.3 Å². The van der Waals surface area contributed by atoms with Crippen LogP contribution in [0.5, 0.6) is 0 Å². The summed E-state index contributed by atoms with van der Waals surface area (Å²) in [6.45, 7) is 5.89. The van der Waals surface area contributed by atoms with Gasteiger partial charge >= 0.3 is 0 Å². The Morgan fingerprint density at radius 1 is 1.23 bits per heavy atom. The van der Waals surface area contributed by atoms with Crippen molar-refractivity contribution >= 4 is 27.9 Å². The van der Waals surface area contributed by atoms with Crippen molar-refractivity contribution in [2.75, 3.05) is 25.0 Å². The average molecular weight is 407 g/mol. The summed E-state index contributed by atoms with van der Waals surface area (Å²) in [5.41, 5.74) is 2.85. The largest absolute Gasteiger partial charge is 0.507 e. The number of allylic oxidation sites excluding steroid dienone is 4.